The van der Waals surface area contributed by atoms with E-state index in [9.17, 15) is 0 Å². The molecule has 10 heavy (non-hydrogen) atoms. The smallest absolute Gasteiger partial charge is 0.0261 e. The van der Waals surface area contributed by atoms with Crippen molar-refractivity contribution in [2.24, 2.45) is 23.3 Å². The SMILES string of the molecule is NC1C2C=C[C@@H](CC2)[C@H]1N. The van der Waals surface area contributed by atoms with Crippen molar-refractivity contribution in [2.75, 3.05) is 0 Å². The highest BCUT2D eigenvalue weighted by Gasteiger charge is 2.35. The van der Waals surface area contributed by atoms with Gasteiger partial charge >= 0.3 is 0 Å². The van der Waals surface area contributed by atoms with Gasteiger partial charge in [-0.1, -0.05) is 12.2 Å². The number of hydrogen-bond acceptors (Lipinski definition) is 2. The third-order valence-corrected chi connectivity index (χ3v) is 2.87. The van der Waals surface area contributed by atoms with Gasteiger partial charge in [-0.05, 0) is 24.7 Å². The maximum Gasteiger partial charge on any atom is 0.0261 e. The fourth-order valence-electron chi connectivity index (χ4n) is 2.08. The molecule has 0 spiro atoms. The van der Waals surface area contributed by atoms with Crippen LogP contribution in [0, 0.1) is 11.8 Å². The molecular formula is C8H14N2. The van der Waals surface area contributed by atoms with E-state index in [4.69, 9.17) is 11.5 Å². The number of rotatable bonds is 0. The molecule has 3 rings (SSSR count). The monoisotopic (exact) mass is 138 g/mol. The number of hydrogen-bond donors (Lipinski definition) is 2. The summed E-state index contributed by atoms with van der Waals surface area (Å²) in [6.45, 7) is 0. The molecule has 3 aliphatic carbocycles. The first-order valence-corrected chi connectivity index (χ1v) is 3.98. The van der Waals surface area contributed by atoms with E-state index in [1.807, 2.05) is 0 Å². The van der Waals surface area contributed by atoms with Crippen LogP contribution in [0.15, 0.2) is 12.2 Å². The quantitative estimate of drug-likeness (QED) is 0.471. The first-order valence-electron chi connectivity index (χ1n) is 3.98. The molecular weight excluding hydrogens is 124 g/mol. The minimum absolute atomic E-state index is 0.226. The zero-order chi connectivity index (χ0) is 7.14. The summed E-state index contributed by atoms with van der Waals surface area (Å²) in [5.41, 5.74) is 11.8. The molecule has 0 aromatic carbocycles. The topological polar surface area (TPSA) is 52.0 Å². The van der Waals surface area contributed by atoms with Crippen LogP contribution in [0.5, 0.6) is 0 Å². The molecule has 2 unspecified atom stereocenters. The van der Waals surface area contributed by atoms with Gasteiger partial charge in [0.2, 0.25) is 0 Å². The van der Waals surface area contributed by atoms with Gasteiger partial charge in [-0.25, -0.2) is 0 Å². The van der Waals surface area contributed by atoms with Crippen molar-refractivity contribution in [1.29, 1.82) is 0 Å². The maximum atomic E-state index is 5.89. The van der Waals surface area contributed by atoms with Crippen LogP contribution < -0.4 is 11.5 Å². The third kappa shape index (κ3) is 0.724. The van der Waals surface area contributed by atoms with E-state index < -0.39 is 0 Å². The first-order chi connectivity index (χ1) is 4.79. The molecule has 2 heteroatoms. The van der Waals surface area contributed by atoms with E-state index in [2.05, 4.69) is 12.2 Å². The van der Waals surface area contributed by atoms with E-state index in [0.29, 0.717) is 11.8 Å². The summed E-state index contributed by atoms with van der Waals surface area (Å²) in [6.07, 6.45) is 6.97. The van der Waals surface area contributed by atoms with Crippen LogP contribution in [-0.4, -0.2) is 12.1 Å². The molecule has 1 fully saturated rings. The first kappa shape index (κ1) is 6.38. The van der Waals surface area contributed by atoms with Gasteiger partial charge in [-0.15, -0.1) is 0 Å². The molecule has 0 aromatic rings. The van der Waals surface area contributed by atoms with Crippen molar-refractivity contribution >= 4 is 0 Å². The van der Waals surface area contributed by atoms with Crippen LogP contribution >= 0.6 is 0 Å². The maximum absolute atomic E-state index is 5.89. The average molecular weight is 138 g/mol. The third-order valence-electron chi connectivity index (χ3n) is 2.87. The van der Waals surface area contributed by atoms with Crippen molar-refractivity contribution in [3.63, 3.8) is 0 Å². The largest absolute Gasteiger partial charge is 0.326 e. The molecule has 1 saturated carbocycles. The van der Waals surface area contributed by atoms with E-state index in [-0.39, 0.29) is 12.1 Å². The zero-order valence-corrected chi connectivity index (χ0v) is 6.03. The van der Waals surface area contributed by atoms with Gasteiger partial charge in [0, 0.05) is 12.1 Å². The minimum atomic E-state index is 0.226. The Hall–Kier alpha value is -0.340. The summed E-state index contributed by atoms with van der Waals surface area (Å²) in [4.78, 5) is 0. The lowest BCUT2D eigenvalue weighted by atomic mass is 9.70. The molecule has 0 aliphatic heterocycles. The van der Waals surface area contributed by atoms with E-state index in [0.717, 1.165) is 0 Å². The Kier molecular flexibility index (Phi) is 1.32. The zero-order valence-electron chi connectivity index (χ0n) is 6.03. The second-order valence-electron chi connectivity index (χ2n) is 3.44. The van der Waals surface area contributed by atoms with Crippen LogP contribution in [0.3, 0.4) is 0 Å². The van der Waals surface area contributed by atoms with Gasteiger partial charge in [0.1, 0.15) is 0 Å². The minimum Gasteiger partial charge on any atom is -0.326 e. The highest BCUT2D eigenvalue weighted by atomic mass is 14.8. The molecule has 0 amide bonds. The summed E-state index contributed by atoms with van der Waals surface area (Å²) < 4.78 is 0. The van der Waals surface area contributed by atoms with E-state index in [1.54, 1.807) is 0 Å². The Balaban J connectivity index is 2.25. The standard InChI is InChI=1S/C8H14N2/c9-7-5-1-2-6(4-3-5)8(7)10/h1-2,5-8H,3-4,9-10H2/t5-,6?,7+,8?/m0/s1. The Morgan fingerprint density at radius 1 is 0.900 bits per heavy atom. The normalized spacial score (nSPS) is 51.8. The highest BCUT2D eigenvalue weighted by Crippen LogP contribution is 2.34. The Bertz CT molecular complexity index is 147. The van der Waals surface area contributed by atoms with Crippen molar-refractivity contribution in [1.82, 2.24) is 0 Å². The predicted octanol–water partition coefficient (Wildman–Crippen LogP) is 0.237. The van der Waals surface area contributed by atoms with Gasteiger partial charge in [0.05, 0.1) is 0 Å². The molecule has 4 N–H and O–H groups in total. The van der Waals surface area contributed by atoms with Gasteiger partial charge in [0.25, 0.3) is 0 Å². The lowest BCUT2D eigenvalue weighted by Crippen LogP contribution is -2.55. The molecule has 2 bridgehead atoms. The molecule has 3 aliphatic rings. The van der Waals surface area contributed by atoms with Gasteiger partial charge < -0.3 is 11.5 Å². The van der Waals surface area contributed by atoms with E-state index in [1.165, 1.54) is 12.8 Å². The molecule has 2 nitrogen and oxygen atoms in total. The summed E-state index contributed by atoms with van der Waals surface area (Å²) in [5.74, 6) is 1.14. The summed E-state index contributed by atoms with van der Waals surface area (Å²) in [7, 11) is 0. The van der Waals surface area contributed by atoms with Crippen molar-refractivity contribution in [3.8, 4) is 0 Å². The Labute approximate surface area is 61.3 Å². The lowest BCUT2D eigenvalue weighted by molar-refractivity contribution is 0.244. The molecule has 0 saturated heterocycles. The van der Waals surface area contributed by atoms with Crippen LogP contribution in [-0.2, 0) is 0 Å². The van der Waals surface area contributed by atoms with Gasteiger partial charge in [-0.3, -0.25) is 0 Å². The Morgan fingerprint density at radius 2 is 1.30 bits per heavy atom. The lowest BCUT2D eigenvalue weighted by Gasteiger charge is -2.41. The molecule has 0 aromatic heterocycles. The fourth-order valence-corrected chi connectivity index (χ4v) is 2.08. The second kappa shape index (κ2) is 2.07. The van der Waals surface area contributed by atoms with Gasteiger partial charge in [0.15, 0.2) is 0 Å². The highest BCUT2D eigenvalue weighted by molar-refractivity contribution is 5.13. The van der Waals surface area contributed by atoms with Crippen LogP contribution in [0.25, 0.3) is 0 Å². The second-order valence-corrected chi connectivity index (χ2v) is 3.44. The van der Waals surface area contributed by atoms with Crippen molar-refractivity contribution in [3.05, 3.63) is 12.2 Å². The van der Waals surface area contributed by atoms with E-state index >= 15 is 0 Å². The molecule has 56 valence electrons. The van der Waals surface area contributed by atoms with Crippen LogP contribution in [0.2, 0.25) is 0 Å². The fraction of sp³-hybridized carbons (Fsp3) is 0.750. The van der Waals surface area contributed by atoms with Crippen molar-refractivity contribution < 1.29 is 0 Å². The Morgan fingerprint density at radius 3 is 1.50 bits per heavy atom. The van der Waals surface area contributed by atoms with Crippen molar-refractivity contribution in [2.45, 2.75) is 24.9 Å². The molecule has 0 heterocycles. The molecule has 0 radical (unpaired) electrons. The number of fused-ring (bicyclic) bond motifs is 2. The average Bonchev–Trinajstić information content (AvgIpc) is 2.00. The predicted molar refractivity (Wildman–Crippen MR) is 41.3 cm³/mol. The van der Waals surface area contributed by atoms with Crippen LogP contribution in [0.4, 0.5) is 0 Å². The van der Waals surface area contributed by atoms with Gasteiger partial charge in [-0.2, -0.15) is 0 Å². The summed E-state index contributed by atoms with van der Waals surface area (Å²) in [6, 6.07) is 0.451. The summed E-state index contributed by atoms with van der Waals surface area (Å²) in [5, 5.41) is 0. The molecule has 4 atom stereocenters. The number of nitrogens with two attached hydrogens (primary N) is 2. The van der Waals surface area contributed by atoms with Crippen LogP contribution in [0.1, 0.15) is 12.8 Å². The summed E-state index contributed by atoms with van der Waals surface area (Å²) >= 11 is 0.